The molecule has 1 N–H and O–H groups in total. The standard InChI is InChI=1S/C22H22FN7O2/c1-28(2)19-7-16(29(3)27-19)13-6-18-22(30-11-25-26-21(13)30)24-8-14-15(23)4-5-17-20(14)12(9-31-17)10-32-18/h4-7,11-12,24H,8-10H2,1-3H3/t12-/m0/s1. The Labute approximate surface area is 183 Å². The molecule has 10 heteroatoms. The summed E-state index contributed by atoms with van der Waals surface area (Å²) in [5.41, 5.74) is 3.88. The van der Waals surface area contributed by atoms with Crippen LogP contribution in [-0.4, -0.2) is 51.7 Å². The summed E-state index contributed by atoms with van der Waals surface area (Å²) in [5, 5.41) is 16.4. The quantitative estimate of drug-likeness (QED) is 0.519. The smallest absolute Gasteiger partial charge is 0.171 e. The zero-order chi connectivity index (χ0) is 22.0. The van der Waals surface area contributed by atoms with Gasteiger partial charge in [0.05, 0.1) is 24.8 Å². The summed E-state index contributed by atoms with van der Waals surface area (Å²) in [4.78, 5) is 1.95. The predicted molar refractivity (Wildman–Crippen MR) is 117 cm³/mol. The first kappa shape index (κ1) is 18.9. The molecule has 4 aromatic rings. The molecule has 0 saturated carbocycles. The number of anilines is 2. The van der Waals surface area contributed by atoms with Crippen LogP contribution in [0.4, 0.5) is 16.0 Å². The first-order chi connectivity index (χ1) is 15.5. The third kappa shape index (κ3) is 2.72. The van der Waals surface area contributed by atoms with E-state index in [9.17, 15) is 4.39 Å². The summed E-state index contributed by atoms with van der Waals surface area (Å²) in [7, 11) is 5.79. The van der Waals surface area contributed by atoms with Crippen LogP contribution >= 0.6 is 0 Å². The lowest BCUT2D eigenvalue weighted by Gasteiger charge is -2.16. The number of aromatic nitrogens is 5. The highest BCUT2D eigenvalue weighted by Crippen LogP contribution is 2.42. The Bertz CT molecular complexity index is 1360. The van der Waals surface area contributed by atoms with Crippen LogP contribution in [0.1, 0.15) is 17.0 Å². The second kappa shape index (κ2) is 6.84. The van der Waals surface area contributed by atoms with Crippen molar-refractivity contribution in [2.45, 2.75) is 12.5 Å². The van der Waals surface area contributed by atoms with E-state index in [0.717, 1.165) is 28.4 Å². The fourth-order valence-electron chi connectivity index (χ4n) is 4.50. The summed E-state index contributed by atoms with van der Waals surface area (Å²) in [5.74, 6) is 2.59. The molecule has 32 heavy (non-hydrogen) atoms. The first-order valence-corrected chi connectivity index (χ1v) is 10.4. The topological polar surface area (TPSA) is 81.7 Å². The lowest BCUT2D eigenvalue weighted by Crippen LogP contribution is -2.13. The Hall–Kier alpha value is -3.82. The van der Waals surface area contributed by atoms with Gasteiger partial charge < -0.3 is 19.7 Å². The van der Waals surface area contributed by atoms with Gasteiger partial charge in [-0.15, -0.1) is 10.2 Å². The van der Waals surface area contributed by atoms with Gasteiger partial charge in [-0.2, -0.15) is 5.10 Å². The summed E-state index contributed by atoms with van der Waals surface area (Å²) in [6.07, 6.45) is 1.63. The van der Waals surface area contributed by atoms with Crippen LogP contribution in [0.2, 0.25) is 0 Å². The SMILES string of the molecule is CN(C)c1cc(-c2cc3c(n4cnnc24)NCc2c(F)ccc4c2[C@@H](CO4)CO3)n(C)n1. The Balaban J connectivity index is 1.51. The van der Waals surface area contributed by atoms with E-state index in [4.69, 9.17) is 9.47 Å². The minimum Gasteiger partial charge on any atom is -0.493 e. The predicted octanol–water partition coefficient (Wildman–Crippen LogP) is 2.82. The highest BCUT2D eigenvalue weighted by molar-refractivity contribution is 5.81. The lowest BCUT2D eigenvalue weighted by atomic mass is 9.96. The molecule has 0 aliphatic carbocycles. The van der Waals surface area contributed by atoms with Gasteiger partial charge >= 0.3 is 0 Å². The van der Waals surface area contributed by atoms with Gasteiger partial charge in [0.25, 0.3) is 0 Å². The van der Waals surface area contributed by atoms with Gasteiger partial charge in [-0.05, 0) is 18.2 Å². The Kier molecular flexibility index (Phi) is 4.04. The molecular formula is C22H22FN7O2. The van der Waals surface area contributed by atoms with Crippen molar-refractivity contribution in [1.82, 2.24) is 24.4 Å². The van der Waals surface area contributed by atoms with Gasteiger partial charge in [-0.25, -0.2) is 4.39 Å². The number of hydrogen-bond acceptors (Lipinski definition) is 7. The van der Waals surface area contributed by atoms with E-state index < -0.39 is 0 Å². The molecule has 1 aromatic carbocycles. The van der Waals surface area contributed by atoms with Crippen LogP contribution in [0.15, 0.2) is 30.6 Å². The van der Waals surface area contributed by atoms with E-state index in [2.05, 4.69) is 20.6 Å². The number of rotatable bonds is 2. The van der Waals surface area contributed by atoms with Crippen molar-refractivity contribution in [3.63, 3.8) is 0 Å². The van der Waals surface area contributed by atoms with Crippen molar-refractivity contribution < 1.29 is 13.9 Å². The number of nitrogens with zero attached hydrogens (tertiary/aromatic N) is 6. The van der Waals surface area contributed by atoms with Gasteiger partial charge in [0.15, 0.2) is 23.0 Å². The van der Waals surface area contributed by atoms with Crippen LogP contribution in [0.5, 0.6) is 11.5 Å². The lowest BCUT2D eigenvalue weighted by molar-refractivity contribution is 0.249. The highest BCUT2D eigenvalue weighted by Gasteiger charge is 2.32. The molecule has 0 radical (unpaired) electrons. The van der Waals surface area contributed by atoms with Crippen LogP contribution in [-0.2, 0) is 13.6 Å². The maximum atomic E-state index is 14.7. The van der Waals surface area contributed by atoms with Gasteiger partial charge in [-0.3, -0.25) is 9.08 Å². The number of pyridine rings is 1. The molecule has 3 aromatic heterocycles. The normalized spacial score (nSPS) is 16.8. The third-order valence-electron chi connectivity index (χ3n) is 6.12. The highest BCUT2D eigenvalue weighted by atomic mass is 19.1. The van der Waals surface area contributed by atoms with E-state index in [0.29, 0.717) is 42.5 Å². The van der Waals surface area contributed by atoms with Crippen LogP contribution < -0.4 is 19.7 Å². The van der Waals surface area contributed by atoms with E-state index in [1.165, 1.54) is 6.07 Å². The summed E-state index contributed by atoms with van der Waals surface area (Å²) in [6, 6.07) is 7.10. The summed E-state index contributed by atoms with van der Waals surface area (Å²) < 4.78 is 30.5. The van der Waals surface area contributed by atoms with Crippen molar-refractivity contribution in [3.05, 3.63) is 47.5 Å². The van der Waals surface area contributed by atoms with Crippen LogP contribution in [0.3, 0.4) is 0 Å². The number of aryl methyl sites for hydroxylation is 1. The van der Waals surface area contributed by atoms with E-state index >= 15 is 0 Å². The van der Waals surface area contributed by atoms with Crippen molar-refractivity contribution in [3.8, 4) is 22.8 Å². The van der Waals surface area contributed by atoms with Crippen LogP contribution in [0.25, 0.3) is 16.9 Å². The zero-order valence-electron chi connectivity index (χ0n) is 18.0. The Morgan fingerprint density at radius 1 is 1.16 bits per heavy atom. The molecule has 1 atom stereocenters. The average molecular weight is 435 g/mol. The van der Waals surface area contributed by atoms with Crippen molar-refractivity contribution in [2.24, 2.45) is 7.05 Å². The molecule has 5 heterocycles. The van der Waals surface area contributed by atoms with Gasteiger partial charge in [0.1, 0.15) is 17.9 Å². The number of halogens is 1. The Morgan fingerprint density at radius 3 is 2.75 bits per heavy atom. The number of hydrogen-bond donors (Lipinski definition) is 1. The molecule has 0 unspecified atom stereocenters. The number of ether oxygens (including phenoxy) is 2. The molecule has 0 spiro atoms. The fourth-order valence-corrected chi connectivity index (χ4v) is 4.50. The summed E-state index contributed by atoms with van der Waals surface area (Å²) in [6.45, 7) is 1.14. The first-order valence-electron chi connectivity index (χ1n) is 10.4. The second-order valence-corrected chi connectivity index (χ2v) is 8.31. The van der Waals surface area contributed by atoms with Crippen molar-refractivity contribution in [2.75, 3.05) is 37.5 Å². The molecular weight excluding hydrogens is 413 g/mol. The average Bonchev–Trinajstić information content (AvgIpc) is 3.50. The molecule has 0 bridgehead atoms. The number of benzene rings is 1. The van der Waals surface area contributed by atoms with E-state index in [1.807, 2.05) is 47.3 Å². The molecule has 164 valence electrons. The number of nitrogens with one attached hydrogen (secondary N) is 1. The Morgan fingerprint density at radius 2 is 1.97 bits per heavy atom. The molecule has 0 saturated heterocycles. The maximum absolute atomic E-state index is 14.7. The van der Waals surface area contributed by atoms with E-state index in [1.54, 1.807) is 12.4 Å². The minimum absolute atomic E-state index is 0.0412. The van der Waals surface area contributed by atoms with Crippen molar-refractivity contribution >= 4 is 17.3 Å². The molecule has 0 amide bonds. The van der Waals surface area contributed by atoms with Crippen LogP contribution in [0, 0.1) is 5.82 Å². The molecule has 6 rings (SSSR count). The summed E-state index contributed by atoms with van der Waals surface area (Å²) >= 11 is 0. The third-order valence-corrected chi connectivity index (χ3v) is 6.12. The van der Waals surface area contributed by atoms with Crippen molar-refractivity contribution in [1.29, 1.82) is 0 Å². The monoisotopic (exact) mass is 435 g/mol. The molecule has 0 fully saturated rings. The zero-order valence-corrected chi connectivity index (χ0v) is 18.0. The van der Waals surface area contributed by atoms with E-state index in [-0.39, 0.29) is 11.7 Å². The molecule has 2 aliphatic heterocycles. The largest absolute Gasteiger partial charge is 0.493 e. The van der Waals surface area contributed by atoms with Gasteiger partial charge in [-0.1, -0.05) is 0 Å². The van der Waals surface area contributed by atoms with Gasteiger partial charge in [0, 0.05) is 50.4 Å². The van der Waals surface area contributed by atoms with Gasteiger partial charge in [0.2, 0.25) is 0 Å². The molecule has 2 aliphatic rings. The minimum atomic E-state index is -0.252. The fraction of sp³-hybridized carbons (Fsp3) is 0.318. The molecule has 9 nitrogen and oxygen atoms in total. The number of fused-ring (bicyclic) bond motifs is 3. The second-order valence-electron chi connectivity index (χ2n) is 8.31. The maximum Gasteiger partial charge on any atom is 0.171 e.